The molecule has 0 bridgehead atoms. The van der Waals surface area contributed by atoms with Crippen molar-refractivity contribution in [1.29, 1.82) is 0 Å². The SMILES string of the molecule is Cc1ccc(-c2nnc(SCC(=O)NNC(=O)c3ccco3)o2)cc1. The number of furan rings is 1. The molecule has 0 aliphatic heterocycles. The largest absolute Gasteiger partial charge is 0.459 e. The van der Waals surface area contributed by atoms with Crippen molar-refractivity contribution >= 4 is 23.6 Å². The van der Waals surface area contributed by atoms with Crippen molar-refractivity contribution in [3.8, 4) is 11.5 Å². The Labute approximate surface area is 147 Å². The quantitative estimate of drug-likeness (QED) is 0.531. The van der Waals surface area contributed by atoms with Crippen molar-refractivity contribution in [2.45, 2.75) is 12.1 Å². The molecule has 3 rings (SSSR count). The number of aromatic nitrogens is 2. The highest BCUT2D eigenvalue weighted by Gasteiger charge is 2.13. The van der Waals surface area contributed by atoms with Crippen LogP contribution in [-0.2, 0) is 4.79 Å². The van der Waals surface area contributed by atoms with E-state index in [1.807, 2.05) is 31.2 Å². The number of hydrogen-bond acceptors (Lipinski definition) is 7. The van der Waals surface area contributed by atoms with Gasteiger partial charge in [0.2, 0.25) is 11.8 Å². The summed E-state index contributed by atoms with van der Waals surface area (Å²) in [6, 6.07) is 10.7. The van der Waals surface area contributed by atoms with Gasteiger partial charge in [-0.1, -0.05) is 29.5 Å². The third-order valence-electron chi connectivity index (χ3n) is 3.09. The van der Waals surface area contributed by atoms with Gasteiger partial charge in [-0.3, -0.25) is 20.4 Å². The van der Waals surface area contributed by atoms with Gasteiger partial charge < -0.3 is 8.83 Å². The number of hydrazine groups is 1. The number of benzene rings is 1. The van der Waals surface area contributed by atoms with Gasteiger partial charge >= 0.3 is 5.91 Å². The van der Waals surface area contributed by atoms with E-state index in [-0.39, 0.29) is 16.7 Å². The van der Waals surface area contributed by atoms with Crippen LogP contribution in [0.4, 0.5) is 0 Å². The minimum atomic E-state index is -0.539. The normalized spacial score (nSPS) is 10.4. The molecule has 9 heteroatoms. The van der Waals surface area contributed by atoms with E-state index in [1.165, 1.54) is 12.3 Å². The van der Waals surface area contributed by atoms with E-state index in [2.05, 4.69) is 21.0 Å². The van der Waals surface area contributed by atoms with E-state index in [0.29, 0.717) is 5.89 Å². The topological polar surface area (TPSA) is 110 Å². The Bertz CT molecular complexity index is 859. The standard InChI is InChI=1S/C16H14N4O4S/c1-10-4-6-11(7-5-10)15-19-20-16(24-15)25-9-13(21)17-18-14(22)12-3-2-8-23-12/h2-8H,9H2,1H3,(H,17,21)(H,18,22). The lowest BCUT2D eigenvalue weighted by atomic mass is 10.1. The Hall–Kier alpha value is -3.07. The summed E-state index contributed by atoms with van der Waals surface area (Å²) in [5.41, 5.74) is 6.46. The lowest BCUT2D eigenvalue weighted by Gasteiger charge is -2.04. The monoisotopic (exact) mass is 358 g/mol. The number of thioether (sulfide) groups is 1. The Kier molecular flexibility index (Phi) is 5.14. The molecule has 128 valence electrons. The maximum absolute atomic E-state index is 11.7. The van der Waals surface area contributed by atoms with Crippen LogP contribution >= 0.6 is 11.8 Å². The van der Waals surface area contributed by atoms with E-state index in [9.17, 15) is 9.59 Å². The summed E-state index contributed by atoms with van der Waals surface area (Å²) in [7, 11) is 0. The van der Waals surface area contributed by atoms with Crippen molar-refractivity contribution < 1.29 is 18.4 Å². The fourth-order valence-electron chi connectivity index (χ4n) is 1.84. The Morgan fingerprint density at radius 1 is 1.12 bits per heavy atom. The highest BCUT2D eigenvalue weighted by molar-refractivity contribution is 7.99. The highest BCUT2D eigenvalue weighted by atomic mass is 32.2. The van der Waals surface area contributed by atoms with Crippen molar-refractivity contribution in [3.63, 3.8) is 0 Å². The molecule has 0 aliphatic rings. The Morgan fingerprint density at radius 3 is 2.64 bits per heavy atom. The van der Waals surface area contributed by atoms with Gasteiger partial charge in [0, 0.05) is 5.56 Å². The molecule has 2 heterocycles. The molecule has 3 aromatic rings. The van der Waals surface area contributed by atoms with Crippen molar-refractivity contribution in [2.75, 3.05) is 5.75 Å². The van der Waals surface area contributed by atoms with Crippen LogP contribution in [0.15, 0.2) is 56.7 Å². The average Bonchev–Trinajstić information content (AvgIpc) is 3.30. The van der Waals surface area contributed by atoms with Crippen molar-refractivity contribution in [2.24, 2.45) is 0 Å². The zero-order valence-corrected chi connectivity index (χ0v) is 14.0. The number of nitrogens with one attached hydrogen (secondary N) is 2. The van der Waals surface area contributed by atoms with E-state index in [4.69, 9.17) is 8.83 Å². The van der Waals surface area contributed by atoms with Crippen LogP contribution in [0, 0.1) is 6.92 Å². The molecule has 0 atom stereocenters. The summed E-state index contributed by atoms with van der Waals surface area (Å²) in [5.74, 6) is -0.460. The number of carbonyl (C=O) groups is 2. The van der Waals surface area contributed by atoms with E-state index < -0.39 is 11.8 Å². The number of hydrogen-bond donors (Lipinski definition) is 2. The van der Waals surface area contributed by atoms with E-state index in [1.54, 1.807) is 6.07 Å². The summed E-state index contributed by atoms with van der Waals surface area (Å²) in [4.78, 5) is 23.3. The summed E-state index contributed by atoms with van der Waals surface area (Å²) in [6.07, 6.45) is 1.37. The van der Waals surface area contributed by atoms with Crippen LogP contribution in [0.1, 0.15) is 16.1 Å². The molecule has 0 saturated carbocycles. The number of rotatable bonds is 5. The molecule has 25 heavy (non-hydrogen) atoms. The molecule has 0 radical (unpaired) electrons. The summed E-state index contributed by atoms with van der Waals surface area (Å²) in [6.45, 7) is 1.99. The van der Waals surface area contributed by atoms with Gasteiger partial charge in [0.1, 0.15) is 0 Å². The number of aryl methyl sites for hydroxylation is 1. The number of nitrogens with zero attached hydrogens (tertiary/aromatic N) is 2. The lowest BCUT2D eigenvalue weighted by Crippen LogP contribution is -2.42. The van der Waals surface area contributed by atoms with Crippen LogP contribution in [0.25, 0.3) is 11.5 Å². The second kappa shape index (κ2) is 7.67. The zero-order valence-electron chi connectivity index (χ0n) is 13.2. The van der Waals surface area contributed by atoms with Gasteiger partial charge in [-0.2, -0.15) is 0 Å². The summed E-state index contributed by atoms with van der Waals surface area (Å²) < 4.78 is 10.4. The Balaban J connectivity index is 1.48. The van der Waals surface area contributed by atoms with Gasteiger partial charge in [0.15, 0.2) is 5.76 Å². The molecule has 2 aromatic heterocycles. The van der Waals surface area contributed by atoms with Crippen LogP contribution in [0.2, 0.25) is 0 Å². The van der Waals surface area contributed by atoms with Crippen molar-refractivity contribution in [3.05, 3.63) is 54.0 Å². The first-order valence-electron chi connectivity index (χ1n) is 7.28. The molecule has 0 spiro atoms. The minimum absolute atomic E-state index is 0.00790. The molecule has 0 saturated heterocycles. The van der Waals surface area contributed by atoms with Crippen LogP contribution < -0.4 is 10.9 Å². The maximum Gasteiger partial charge on any atom is 0.305 e. The number of carbonyl (C=O) groups excluding carboxylic acids is 2. The lowest BCUT2D eigenvalue weighted by molar-refractivity contribution is -0.119. The predicted molar refractivity (Wildman–Crippen MR) is 89.5 cm³/mol. The first-order chi connectivity index (χ1) is 12.1. The first kappa shape index (κ1) is 16.8. The third kappa shape index (κ3) is 4.48. The molecule has 8 nitrogen and oxygen atoms in total. The van der Waals surface area contributed by atoms with Crippen LogP contribution in [0.5, 0.6) is 0 Å². The first-order valence-corrected chi connectivity index (χ1v) is 8.26. The van der Waals surface area contributed by atoms with Gasteiger partial charge in [-0.05, 0) is 31.2 Å². The molecule has 2 N–H and O–H groups in total. The number of amides is 2. The van der Waals surface area contributed by atoms with Crippen LogP contribution in [0.3, 0.4) is 0 Å². The summed E-state index contributed by atoms with van der Waals surface area (Å²) in [5, 5.41) is 8.10. The highest BCUT2D eigenvalue weighted by Crippen LogP contribution is 2.23. The van der Waals surface area contributed by atoms with Gasteiger partial charge in [0.25, 0.3) is 5.22 Å². The van der Waals surface area contributed by atoms with E-state index >= 15 is 0 Å². The second-order valence-corrected chi connectivity index (χ2v) is 5.93. The van der Waals surface area contributed by atoms with Gasteiger partial charge in [0.05, 0.1) is 12.0 Å². The fourth-order valence-corrected chi connectivity index (χ4v) is 2.40. The van der Waals surface area contributed by atoms with Gasteiger partial charge in [-0.25, -0.2) is 0 Å². The van der Waals surface area contributed by atoms with E-state index in [0.717, 1.165) is 22.9 Å². The average molecular weight is 358 g/mol. The molecular weight excluding hydrogens is 344 g/mol. The molecule has 2 amide bonds. The molecule has 0 aliphatic carbocycles. The Morgan fingerprint density at radius 2 is 1.92 bits per heavy atom. The molecule has 0 fully saturated rings. The molecule has 1 aromatic carbocycles. The summed E-state index contributed by atoms with van der Waals surface area (Å²) >= 11 is 1.07. The van der Waals surface area contributed by atoms with Crippen molar-refractivity contribution in [1.82, 2.24) is 21.0 Å². The maximum atomic E-state index is 11.7. The fraction of sp³-hybridized carbons (Fsp3) is 0.125. The third-order valence-corrected chi connectivity index (χ3v) is 3.91. The zero-order chi connectivity index (χ0) is 17.6. The predicted octanol–water partition coefficient (Wildman–Crippen LogP) is 2.19. The minimum Gasteiger partial charge on any atom is -0.459 e. The molecular formula is C16H14N4O4S. The van der Waals surface area contributed by atoms with Crippen LogP contribution in [-0.4, -0.2) is 27.8 Å². The molecule has 0 unspecified atom stereocenters. The second-order valence-electron chi connectivity index (χ2n) is 5.01. The smallest absolute Gasteiger partial charge is 0.305 e. The van der Waals surface area contributed by atoms with Gasteiger partial charge in [-0.15, -0.1) is 10.2 Å².